The Morgan fingerprint density at radius 2 is 1.82 bits per heavy atom. The summed E-state index contributed by atoms with van der Waals surface area (Å²) < 4.78 is 23.0. The molecule has 0 spiro atoms. The van der Waals surface area contributed by atoms with Gasteiger partial charge in [-0.25, -0.2) is 0 Å². The fraction of sp³-hybridized carbons (Fsp3) is 0.433. The molecule has 0 bridgehead atoms. The summed E-state index contributed by atoms with van der Waals surface area (Å²) >= 11 is 11.9. The topological polar surface area (TPSA) is 90.9 Å². The minimum absolute atomic E-state index is 0.0352. The summed E-state index contributed by atoms with van der Waals surface area (Å²) in [7, 11) is 3.15. The normalized spacial score (nSPS) is 18.8. The van der Waals surface area contributed by atoms with E-state index in [-0.39, 0.29) is 23.7 Å². The molecule has 1 aliphatic rings. The second-order valence-electron chi connectivity index (χ2n) is 10.5. The number of fused-ring (bicyclic) bond motifs is 1. The minimum Gasteiger partial charge on any atom is -0.493 e. The third-order valence-corrected chi connectivity index (χ3v) is 7.76. The number of methoxy groups -OCH3 is 2. The van der Waals surface area contributed by atoms with E-state index in [9.17, 15) is 4.79 Å². The molecule has 1 saturated carbocycles. The van der Waals surface area contributed by atoms with Gasteiger partial charge < -0.3 is 29.6 Å². The minimum atomic E-state index is -0.291. The van der Waals surface area contributed by atoms with Crippen LogP contribution in [0.1, 0.15) is 40.0 Å². The zero-order valence-electron chi connectivity index (χ0n) is 23.5. The number of thiocarbonyl (C=S) groups is 1. The summed E-state index contributed by atoms with van der Waals surface area (Å²) in [6.45, 7) is 6.63. The largest absolute Gasteiger partial charge is 0.493 e. The number of halogens is 1. The van der Waals surface area contributed by atoms with Gasteiger partial charge in [-0.2, -0.15) is 0 Å². The van der Waals surface area contributed by atoms with Gasteiger partial charge in [-0.1, -0.05) is 38.8 Å². The van der Waals surface area contributed by atoms with Gasteiger partial charge in [-0.05, 0) is 73.1 Å². The molecule has 1 fully saturated rings. The van der Waals surface area contributed by atoms with Crippen LogP contribution in [0.15, 0.2) is 42.6 Å². The molecule has 1 aromatic heterocycles. The van der Waals surface area contributed by atoms with Gasteiger partial charge in [0.15, 0.2) is 16.6 Å². The first-order chi connectivity index (χ1) is 19.2. The Labute approximate surface area is 245 Å². The number of hydrogen-bond acceptors (Lipinski definition) is 7. The summed E-state index contributed by atoms with van der Waals surface area (Å²) in [4.78, 5) is 16.9. The van der Waals surface area contributed by atoms with Gasteiger partial charge in [0.1, 0.15) is 18.1 Å². The molecule has 1 unspecified atom stereocenters. The maximum Gasteiger partial charge on any atom is 0.252 e. The van der Waals surface area contributed by atoms with Crippen LogP contribution in [0.5, 0.6) is 23.0 Å². The van der Waals surface area contributed by atoms with E-state index in [1.54, 1.807) is 50.7 Å². The average molecular weight is 586 g/mol. The molecule has 3 atom stereocenters. The number of anilines is 1. The lowest BCUT2D eigenvalue weighted by molar-refractivity contribution is -0.129. The van der Waals surface area contributed by atoms with Crippen LogP contribution in [0.2, 0.25) is 5.02 Å². The summed E-state index contributed by atoms with van der Waals surface area (Å²) in [5.74, 6) is 3.43. The zero-order chi connectivity index (χ0) is 28.8. The number of benzene rings is 2. The molecule has 8 nitrogen and oxygen atoms in total. The van der Waals surface area contributed by atoms with E-state index in [4.69, 9.17) is 42.8 Å². The highest BCUT2D eigenvalue weighted by Gasteiger charge is 2.31. The van der Waals surface area contributed by atoms with Crippen LogP contribution in [0.4, 0.5) is 5.69 Å². The molecule has 3 aromatic rings. The Bertz CT molecular complexity index is 1370. The Morgan fingerprint density at radius 3 is 2.52 bits per heavy atom. The van der Waals surface area contributed by atoms with Crippen molar-refractivity contribution >= 4 is 51.4 Å². The number of carbonyl (C=O) groups excluding carboxylic acids is 1. The van der Waals surface area contributed by atoms with Crippen LogP contribution in [-0.2, 0) is 9.53 Å². The van der Waals surface area contributed by atoms with E-state index in [0.717, 1.165) is 18.2 Å². The van der Waals surface area contributed by atoms with E-state index >= 15 is 0 Å². The third kappa shape index (κ3) is 7.33. The first-order valence-corrected chi connectivity index (χ1v) is 14.2. The van der Waals surface area contributed by atoms with Gasteiger partial charge >= 0.3 is 0 Å². The fourth-order valence-corrected chi connectivity index (χ4v) is 5.58. The molecule has 4 rings (SSSR count). The number of hydrogen-bond donors (Lipinski definition) is 2. The lowest BCUT2D eigenvalue weighted by Crippen LogP contribution is -2.40. The van der Waals surface area contributed by atoms with Crippen molar-refractivity contribution in [2.45, 2.75) is 46.1 Å². The van der Waals surface area contributed by atoms with Crippen molar-refractivity contribution < 1.29 is 23.7 Å². The van der Waals surface area contributed by atoms with Crippen LogP contribution >= 0.6 is 23.8 Å². The highest BCUT2D eigenvalue weighted by Crippen LogP contribution is 2.39. The molecule has 1 aliphatic carbocycles. The smallest absolute Gasteiger partial charge is 0.252 e. The van der Waals surface area contributed by atoms with Crippen molar-refractivity contribution in [2.75, 3.05) is 26.1 Å². The van der Waals surface area contributed by atoms with Gasteiger partial charge in [0, 0.05) is 23.3 Å². The molecule has 2 N–H and O–H groups in total. The van der Waals surface area contributed by atoms with Crippen molar-refractivity contribution in [3.63, 3.8) is 0 Å². The molecule has 0 radical (unpaired) electrons. The summed E-state index contributed by atoms with van der Waals surface area (Å²) in [5, 5.41) is 6.95. The predicted molar refractivity (Wildman–Crippen MR) is 162 cm³/mol. The molecule has 1 heterocycles. The summed E-state index contributed by atoms with van der Waals surface area (Å²) in [6.07, 6.45) is 5.05. The second-order valence-corrected chi connectivity index (χ2v) is 11.3. The monoisotopic (exact) mass is 585 g/mol. The maximum atomic E-state index is 12.5. The van der Waals surface area contributed by atoms with Gasteiger partial charge in [-0.15, -0.1) is 0 Å². The lowest BCUT2D eigenvalue weighted by atomic mass is 9.75. The summed E-state index contributed by atoms with van der Waals surface area (Å²) in [6, 6.07) is 10.5. The maximum absolute atomic E-state index is 12.5. The van der Waals surface area contributed by atoms with Crippen LogP contribution in [0.25, 0.3) is 10.9 Å². The molecular weight excluding hydrogens is 550 g/mol. The molecule has 10 heteroatoms. The molecule has 214 valence electrons. The number of nitrogens with one attached hydrogen (secondary N) is 2. The first kappa shape index (κ1) is 29.8. The van der Waals surface area contributed by atoms with Gasteiger partial charge in [0.05, 0.1) is 30.9 Å². The van der Waals surface area contributed by atoms with Crippen molar-refractivity contribution in [3.05, 3.63) is 47.6 Å². The molecule has 2 aromatic carbocycles. The zero-order valence-corrected chi connectivity index (χ0v) is 25.0. The van der Waals surface area contributed by atoms with E-state index in [2.05, 4.69) is 36.4 Å². The molecule has 1 amide bonds. The lowest BCUT2D eigenvalue weighted by Gasteiger charge is -2.37. The number of rotatable bonds is 9. The van der Waals surface area contributed by atoms with Crippen molar-refractivity contribution in [1.29, 1.82) is 0 Å². The van der Waals surface area contributed by atoms with E-state index in [1.165, 1.54) is 6.42 Å². The van der Waals surface area contributed by atoms with Crippen molar-refractivity contribution in [2.24, 2.45) is 17.8 Å². The molecule has 0 saturated heterocycles. The Balaban J connectivity index is 1.36. The Hall–Kier alpha value is -3.14. The quantitative estimate of drug-likeness (QED) is 0.260. The van der Waals surface area contributed by atoms with E-state index < -0.39 is 0 Å². The van der Waals surface area contributed by atoms with Crippen molar-refractivity contribution in [1.82, 2.24) is 10.3 Å². The van der Waals surface area contributed by atoms with Crippen LogP contribution in [-0.4, -0.2) is 42.9 Å². The summed E-state index contributed by atoms with van der Waals surface area (Å²) in [5.41, 5.74) is 1.29. The van der Waals surface area contributed by atoms with Crippen LogP contribution in [0.3, 0.4) is 0 Å². The molecular formula is C30H36ClN3O5S. The number of ether oxygens (including phenoxy) is 4. The van der Waals surface area contributed by atoms with Gasteiger partial charge in [0.25, 0.3) is 5.91 Å². The van der Waals surface area contributed by atoms with Crippen LogP contribution < -0.4 is 24.8 Å². The molecule has 0 aliphatic heterocycles. The number of aromatic nitrogens is 1. The Kier molecular flexibility index (Phi) is 10.1. The average Bonchev–Trinajstić information content (AvgIpc) is 2.92. The number of nitrogens with zero attached hydrogens (tertiary/aromatic N) is 1. The van der Waals surface area contributed by atoms with E-state index in [0.29, 0.717) is 57.0 Å². The number of amides is 1. The van der Waals surface area contributed by atoms with Gasteiger partial charge in [0.2, 0.25) is 0 Å². The standard InChI is InChI=1S/C30H36ClN3O5S/c1-17(2)20-8-6-18(3)12-26(20)38-16-29(35)34-30(40)33-19-7-9-25(22(31)13-19)39-24-10-11-32-23-15-28(37-5)27(36-4)14-21(23)24/h7,9-11,13-15,17-18,20,26H,6,8,12,16H2,1-5H3,(H2,33,34,35,40)/t18-,20+,26?/m1/s1. The SMILES string of the molecule is COc1cc2nccc(Oc3ccc(NC(=S)NC(=O)COC4C[C@H](C)CC[C@H]4C(C)C)cc3Cl)c2cc1OC. The van der Waals surface area contributed by atoms with Crippen LogP contribution in [0, 0.1) is 17.8 Å². The van der Waals surface area contributed by atoms with E-state index in [1.807, 2.05) is 6.07 Å². The fourth-order valence-electron chi connectivity index (χ4n) is 5.13. The number of carbonyl (C=O) groups is 1. The molecule has 40 heavy (non-hydrogen) atoms. The van der Waals surface area contributed by atoms with Gasteiger partial charge in [-0.3, -0.25) is 9.78 Å². The first-order valence-electron chi connectivity index (χ1n) is 13.4. The second kappa shape index (κ2) is 13.5. The van der Waals surface area contributed by atoms with Crippen molar-refractivity contribution in [3.8, 4) is 23.0 Å². The predicted octanol–water partition coefficient (Wildman–Crippen LogP) is 6.99. The third-order valence-electron chi connectivity index (χ3n) is 7.26. The Morgan fingerprint density at radius 1 is 1.07 bits per heavy atom. The number of pyridine rings is 1. The highest BCUT2D eigenvalue weighted by molar-refractivity contribution is 7.80. The highest BCUT2D eigenvalue weighted by atomic mass is 35.5.